The molecule has 0 bridgehead atoms. The van der Waals surface area contributed by atoms with Gasteiger partial charge in [0.15, 0.2) is 0 Å². The number of aliphatic hydroxyl groups is 4. The number of nitrogens with zero attached hydrogens (tertiary/aromatic N) is 1. The number of benzene rings is 1. The van der Waals surface area contributed by atoms with E-state index in [1.165, 1.54) is 4.90 Å². The van der Waals surface area contributed by atoms with Crippen LogP contribution in [-0.4, -0.2) is 67.9 Å². The van der Waals surface area contributed by atoms with Gasteiger partial charge >= 0.3 is 0 Å². The first-order valence-corrected chi connectivity index (χ1v) is 13.7. The van der Waals surface area contributed by atoms with Crippen LogP contribution >= 0.6 is 0 Å². The third kappa shape index (κ3) is 10.2. The Hall–Kier alpha value is -2.19. The van der Waals surface area contributed by atoms with Gasteiger partial charge in [-0.15, -0.1) is 0 Å². The van der Waals surface area contributed by atoms with Crippen LogP contribution in [0.4, 0.5) is 0 Å². The number of aliphatic hydroxyl groups excluding tert-OH is 4. The molecule has 0 spiro atoms. The van der Waals surface area contributed by atoms with Crippen LogP contribution in [0.3, 0.4) is 0 Å². The lowest BCUT2D eigenvalue weighted by Crippen LogP contribution is -2.38. The normalized spacial score (nSPS) is 23.6. The summed E-state index contributed by atoms with van der Waals surface area (Å²) in [5.41, 5.74) is 1.52. The number of phenolic OH excluding ortho intramolecular Hbond substituents is 1. The molecule has 1 aromatic carbocycles. The number of carbonyl (C=O) groups is 1. The van der Waals surface area contributed by atoms with Crippen molar-refractivity contribution in [3.8, 4) is 5.75 Å². The Morgan fingerprint density at radius 1 is 1.14 bits per heavy atom. The molecule has 0 radical (unpaired) electrons. The fourth-order valence-corrected chi connectivity index (χ4v) is 4.88. The molecule has 0 saturated heterocycles. The lowest BCUT2D eigenvalue weighted by molar-refractivity contribution is -0.138. The molecule has 0 aromatic heterocycles. The molecule has 1 saturated carbocycles. The van der Waals surface area contributed by atoms with Crippen LogP contribution in [0.2, 0.25) is 0 Å². The van der Waals surface area contributed by atoms with Crippen LogP contribution in [0.15, 0.2) is 42.5 Å². The molecular weight excluding hydrogens is 470 g/mol. The predicted molar refractivity (Wildman–Crippen MR) is 146 cm³/mol. The number of likely N-dealkylation sites (N-methyl/N-ethyl adjacent to an activating group) is 1. The van der Waals surface area contributed by atoms with E-state index in [9.17, 15) is 30.3 Å². The van der Waals surface area contributed by atoms with Gasteiger partial charge < -0.3 is 30.4 Å². The molecule has 37 heavy (non-hydrogen) atoms. The Balaban J connectivity index is 1.74. The van der Waals surface area contributed by atoms with Crippen molar-refractivity contribution in [2.75, 3.05) is 7.05 Å². The van der Waals surface area contributed by atoms with E-state index >= 15 is 0 Å². The van der Waals surface area contributed by atoms with E-state index in [-0.39, 0.29) is 29.9 Å². The van der Waals surface area contributed by atoms with Gasteiger partial charge in [0.2, 0.25) is 5.91 Å². The molecule has 6 atom stereocenters. The summed E-state index contributed by atoms with van der Waals surface area (Å²) in [6, 6.07) is 5.23. The van der Waals surface area contributed by atoms with Gasteiger partial charge in [-0.2, -0.15) is 0 Å². The number of carbonyl (C=O) groups excluding carboxylic acids is 1. The van der Waals surface area contributed by atoms with Gasteiger partial charge in [-0.1, -0.05) is 62.6 Å². The van der Waals surface area contributed by atoms with E-state index in [0.29, 0.717) is 38.5 Å². The number of phenols is 1. The second-order valence-corrected chi connectivity index (χ2v) is 10.5. The number of hydrogen-bond donors (Lipinski definition) is 5. The highest BCUT2D eigenvalue weighted by atomic mass is 16.3. The Morgan fingerprint density at radius 2 is 1.89 bits per heavy atom. The van der Waals surface area contributed by atoms with Gasteiger partial charge in [-0.25, -0.2) is 0 Å². The van der Waals surface area contributed by atoms with Gasteiger partial charge in [0.05, 0.1) is 18.3 Å². The first-order chi connectivity index (χ1) is 17.6. The molecule has 0 aliphatic heterocycles. The van der Waals surface area contributed by atoms with Crippen molar-refractivity contribution in [2.45, 2.75) is 103 Å². The number of aryl methyl sites for hydroxylation is 1. The van der Waals surface area contributed by atoms with Gasteiger partial charge in [-0.05, 0) is 55.7 Å². The minimum absolute atomic E-state index is 0.102. The topological polar surface area (TPSA) is 121 Å². The van der Waals surface area contributed by atoms with Crippen molar-refractivity contribution in [3.63, 3.8) is 0 Å². The largest absolute Gasteiger partial charge is 0.508 e. The zero-order valence-corrected chi connectivity index (χ0v) is 22.7. The Labute approximate surface area is 222 Å². The standard InChI is InChI=1S/C30H47NO6/c1-4-5-8-11-23(32)16-17-25-24(27(34)20-28(25)35)12-9-6-7-10-13-29(36)31(3)30(37)19-22-15-14-21(2)26(33)18-22/h6,9,14-18,23-25,27-28,30,32-35,37H,4-5,7-8,10-13,19-20H2,1-3H3/b9-6-,17-16+/t23-,24+,25+,27-,28+,30?/m0/s1. The first kappa shape index (κ1) is 31.0. The predicted octanol–water partition coefficient (Wildman–Crippen LogP) is 3.99. The van der Waals surface area contributed by atoms with E-state index in [4.69, 9.17) is 0 Å². The highest BCUT2D eigenvalue weighted by Gasteiger charge is 2.39. The monoisotopic (exact) mass is 517 g/mol. The number of aromatic hydroxyl groups is 1. The molecule has 1 amide bonds. The van der Waals surface area contributed by atoms with Crippen LogP contribution in [0.25, 0.3) is 0 Å². The summed E-state index contributed by atoms with van der Waals surface area (Å²) in [5.74, 6) is -0.260. The van der Waals surface area contributed by atoms with Crippen molar-refractivity contribution in [1.82, 2.24) is 4.90 Å². The summed E-state index contributed by atoms with van der Waals surface area (Å²) in [6.07, 6.45) is 11.7. The van der Waals surface area contributed by atoms with Crippen molar-refractivity contribution in [3.05, 3.63) is 53.6 Å². The lowest BCUT2D eigenvalue weighted by atomic mass is 9.89. The van der Waals surface area contributed by atoms with Crippen LogP contribution in [0, 0.1) is 18.8 Å². The summed E-state index contributed by atoms with van der Waals surface area (Å²) in [6.45, 7) is 3.93. The third-order valence-electron chi connectivity index (χ3n) is 7.44. The fourth-order valence-electron chi connectivity index (χ4n) is 4.88. The molecule has 1 aromatic rings. The Kier molecular flexibility index (Phi) is 13.4. The molecule has 1 aliphatic carbocycles. The minimum Gasteiger partial charge on any atom is -0.508 e. The molecule has 1 unspecified atom stereocenters. The highest BCUT2D eigenvalue weighted by molar-refractivity contribution is 5.76. The molecule has 2 rings (SSSR count). The fraction of sp³-hybridized carbons (Fsp3) is 0.633. The van der Waals surface area contributed by atoms with Crippen molar-refractivity contribution < 1.29 is 30.3 Å². The molecule has 208 valence electrons. The number of amides is 1. The molecule has 1 aliphatic rings. The second-order valence-electron chi connectivity index (χ2n) is 10.5. The smallest absolute Gasteiger partial charge is 0.224 e. The van der Waals surface area contributed by atoms with Crippen LogP contribution < -0.4 is 0 Å². The summed E-state index contributed by atoms with van der Waals surface area (Å²) in [4.78, 5) is 13.8. The van der Waals surface area contributed by atoms with E-state index < -0.39 is 24.5 Å². The van der Waals surface area contributed by atoms with Gasteiger partial charge in [0.1, 0.15) is 12.0 Å². The molecular formula is C30H47NO6. The third-order valence-corrected chi connectivity index (χ3v) is 7.44. The number of rotatable bonds is 15. The van der Waals surface area contributed by atoms with E-state index in [1.807, 2.05) is 24.3 Å². The van der Waals surface area contributed by atoms with Crippen LogP contribution in [-0.2, 0) is 11.2 Å². The second kappa shape index (κ2) is 15.9. The zero-order valence-electron chi connectivity index (χ0n) is 22.7. The van der Waals surface area contributed by atoms with Crippen molar-refractivity contribution in [2.24, 2.45) is 11.8 Å². The molecule has 1 fully saturated rings. The Morgan fingerprint density at radius 3 is 2.59 bits per heavy atom. The van der Waals surface area contributed by atoms with E-state index in [0.717, 1.165) is 30.4 Å². The number of allylic oxidation sites excluding steroid dienone is 2. The van der Waals surface area contributed by atoms with E-state index in [2.05, 4.69) is 6.92 Å². The minimum atomic E-state index is -0.962. The molecule has 5 N–H and O–H groups in total. The average molecular weight is 518 g/mol. The first-order valence-electron chi connectivity index (χ1n) is 13.7. The molecule has 7 nitrogen and oxygen atoms in total. The van der Waals surface area contributed by atoms with Crippen molar-refractivity contribution in [1.29, 1.82) is 0 Å². The lowest BCUT2D eigenvalue weighted by Gasteiger charge is -2.24. The average Bonchev–Trinajstić information content (AvgIpc) is 3.13. The summed E-state index contributed by atoms with van der Waals surface area (Å²) in [7, 11) is 1.58. The van der Waals surface area contributed by atoms with Crippen molar-refractivity contribution >= 4 is 5.91 Å². The van der Waals surface area contributed by atoms with Gasteiger partial charge in [0, 0.05) is 32.2 Å². The summed E-state index contributed by atoms with van der Waals surface area (Å²) < 4.78 is 0. The van der Waals surface area contributed by atoms with E-state index in [1.54, 1.807) is 32.2 Å². The van der Waals surface area contributed by atoms with Crippen LogP contribution in [0.5, 0.6) is 5.75 Å². The maximum atomic E-state index is 12.5. The maximum Gasteiger partial charge on any atom is 0.224 e. The number of unbranched alkanes of at least 4 members (excludes halogenated alkanes) is 3. The zero-order chi connectivity index (χ0) is 27.4. The molecule has 7 heteroatoms. The molecule has 0 heterocycles. The summed E-state index contributed by atoms with van der Waals surface area (Å²) >= 11 is 0. The quantitative estimate of drug-likeness (QED) is 0.136. The van der Waals surface area contributed by atoms with Gasteiger partial charge in [0.25, 0.3) is 0 Å². The highest BCUT2D eigenvalue weighted by Crippen LogP contribution is 2.36. The SMILES string of the molecule is CCCCC[C@H](O)/C=C/[C@@H]1[C@@H](C/C=C\CCCC(=O)N(C)C(O)Cc2ccc(C)c(O)c2)[C@@H](O)C[C@H]1O. The Bertz CT molecular complexity index is 885. The number of hydrogen-bond acceptors (Lipinski definition) is 6. The van der Waals surface area contributed by atoms with Gasteiger partial charge in [-0.3, -0.25) is 4.79 Å². The van der Waals surface area contributed by atoms with Crippen LogP contribution in [0.1, 0.15) is 75.8 Å². The maximum absolute atomic E-state index is 12.5. The summed E-state index contributed by atoms with van der Waals surface area (Å²) in [5, 5.41) is 51.2.